The van der Waals surface area contributed by atoms with Crippen LogP contribution in [0.25, 0.3) is 5.65 Å². The topological polar surface area (TPSA) is 42.2 Å². The summed E-state index contributed by atoms with van der Waals surface area (Å²) in [5.74, 6) is 0.740. The molecule has 0 atom stereocenters. The highest BCUT2D eigenvalue weighted by Crippen LogP contribution is 2.21. The van der Waals surface area contributed by atoms with Gasteiger partial charge in [-0.3, -0.25) is 4.40 Å². The third kappa shape index (κ3) is 1.89. The molecule has 0 aliphatic heterocycles. The molecule has 84 valence electrons. The molecule has 2 aromatic heterocycles. The van der Waals surface area contributed by atoms with Crippen LogP contribution in [-0.4, -0.2) is 14.4 Å². The molecular formula is C12H9BrN4. The largest absolute Gasteiger partial charge is 0.337 e. The lowest BCUT2D eigenvalue weighted by Gasteiger charge is -2.07. The summed E-state index contributed by atoms with van der Waals surface area (Å²) in [6.45, 7) is 0. The van der Waals surface area contributed by atoms with E-state index in [0.717, 1.165) is 21.8 Å². The maximum Gasteiger partial charge on any atom is 0.181 e. The number of imidazole rings is 1. The number of nitrogens with one attached hydrogen (secondary N) is 1. The summed E-state index contributed by atoms with van der Waals surface area (Å²) in [5, 5.41) is 3.24. The van der Waals surface area contributed by atoms with Crippen LogP contribution in [0.15, 0.2) is 53.5 Å². The Hall–Kier alpha value is -1.88. The van der Waals surface area contributed by atoms with Gasteiger partial charge >= 0.3 is 0 Å². The van der Waals surface area contributed by atoms with Crippen molar-refractivity contribution in [2.45, 2.75) is 0 Å². The van der Waals surface area contributed by atoms with Gasteiger partial charge in [-0.1, -0.05) is 18.2 Å². The minimum absolute atomic E-state index is 0.740. The summed E-state index contributed by atoms with van der Waals surface area (Å²) in [7, 11) is 0. The lowest BCUT2D eigenvalue weighted by atomic mass is 10.3. The average Bonchev–Trinajstić information content (AvgIpc) is 2.84. The van der Waals surface area contributed by atoms with Crippen molar-refractivity contribution in [2.24, 2.45) is 0 Å². The molecule has 5 heteroatoms. The van der Waals surface area contributed by atoms with Crippen molar-refractivity contribution >= 4 is 33.1 Å². The lowest BCUT2D eigenvalue weighted by Crippen LogP contribution is -1.98. The molecule has 3 aromatic rings. The standard InChI is InChI=1S/C12H9BrN4/c13-10-8-15-11(12-14-6-7-17(10)12)16-9-4-2-1-3-5-9/h1-8H,(H,15,16). The predicted molar refractivity (Wildman–Crippen MR) is 70.4 cm³/mol. The van der Waals surface area contributed by atoms with Crippen molar-refractivity contribution in [3.63, 3.8) is 0 Å². The summed E-state index contributed by atoms with van der Waals surface area (Å²) in [6, 6.07) is 9.91. The quantitative estimate of drug-likeness (QED) is 0.787. The second kappa shape index (κ2) is 4.18. The van der Waals surface area contributed by atoms with Crippen molar-refractivity contribution in [3.05, 3.63) is 53.5 Å². The second-order valence-electron chi connectivity index (χ2n) is 3.54. The van der Waals surface area contributed by atoms with Crippen LogP contribution in [0.3, 0.4) is 0 Å². The number of anilines is 2. The predicted octanol–water partition coefficient (Wildman–Crippen LogP) is 3.24. The molecule has 0 unspecified atom stereocenters. The molecule has 0 aliphatic rings. The van der Waals surface area contributed by atoms with Crippen LogP contribution < -0.4 is 5.32 Å². The van der Waals surface area contributed by atoms with E-state index < -0.39 is 0 Å². The first kappa shape index (κ1) is 10.3. The first-order valence-electron chi connectivity index (χ1n) is 5.14. The molecule has 0 saturated carbocycles. The Morgan fingerprint density at radius 3 is 2.76 bits per heavy atom. The molecule has 0 saturated heterocycles. The zero-order valence-corrected chi connectivity index (χ0v) is 10.4. The molecular weight excluding hydrogens is 280 g/mol. The Balaban J connectivity index is 2.07. The van der Waals surface area contributed by atoms with Gasteiger partial charge in [-0.2, -0.15) is 0 Å². The van der Waals surface area contributed by atoms with E-state index >= 15 is 0 Å². The Morgan fingerprint density at radius 1 is 1.12 bits per heavy atom. The van der Waals surface area contributed by atoms with Gasteiger partial charge in [0.15, 0.2) is 11.5 Å². The summed E-state index contributed by atoms with van der Waals surface area (Å²) >= 11 is 3.43. The number of para-hydroxylation sites is 1. The van der Waals surface area contributed by atoms with Gasteiger partial charge in [0.2, 0.25) is 0 Å². The Morgan fingerprint density at radius 2 is 1.94 bits per heavy atom. The van der Waals surface area contributed by atoms with E-state index in [0.29, 0.717) is 0 Å². The minimum atomic E-state index is 0.740. The molecule has 0 spiro atoms. The highest BCUT2D eigenvalue weighted by molar-refractivity contribution is 9.10. The normalized spacial score (nSPS) is 10.6. The highest BCUT2D eigenvalue weighted by atomic mass is 79.9. The van der Waals surface area contributed by atoms with Gasteiger partial charge in [-0.25, -0.2) is 9.97 Å². The molecule has 0 radical (unpaired) electrons. The Labute approximate surface area is 106 Å². The summed E-state index contributed by atoms with van der Waals surface area (Å²) in [6.07, 6.45) is 5.38. The second-order valence-corrected chi connectivity index (χ2v) is 4.35. The highest BCUT2D eigenvalue weighted by Gasteiger charge is 2.06. The van der Waals surface area contributed by atoms with E-state index in [1.807, 2.05) is 40.9 Å². The van der Waals surface area contributed by atoms with Gasteiger partial charge in [0.05, 0.1) is 6.20 Å². The molecule has 17 heavy (non-hydrogen) atoms. The van der Waals surface area contributed by atoms with E-state index in [4.69, 9.17) is 0 Å². The number of aromatic nitrogens is 3. The SMILES string of the molecule is Brc1cnc(Nc2ccccc2)c2nccn12. The smallest absolute Gasteiger partial charge is 0.181 e. The Kier molecular flexibility index (Phi) is 2.53. The molecule has 1 aromatic carbocycles. The van der Waals surface area contributed by atoms with Gasteiger partial charge in [0.1, 0.15) is 4.60 Å². The molecule has 2 heterocycles. The molecule has 1 N–H and O–H groups in total. The maximum atomic E-state index is 4.33. The summed E-state index contributed by atoms with van der Waals surface area (Å²) in [4.78, 5) is 8.62. The zero-order chi connectivity index (χ0) is 11.7. The fourth-order valence-electron chi connectivity index (χ4n) is 1.64. The monoisotopic (exact) mass is 288 g/mol. The number of halogens is 1. The molecule has 0 bridgehead atoms. The van der Waals surface area contributed by atoms with Crippen LogP contribution >= 0.6 is 15.9 Å². The van der Waals surface area contributed by atoms with Crippen LogP contribution in [0.5, 0.6) is 0 Å². The number of hydrogen-bond acceptors (Lipinski definition) is 3. The van der Waals surface area contributed by atoms with Gasteiger partial charge < -0.3 is 5.32 Å². The first-order chi connectivity index (χ1) is 8.34. The third-order valence-electron chi connectivity index (χ3n) is 2.42. The lowest BCUT2D eigenvalue weighted by molar-refractivity contribution is 1.09. The molecule has 3 rings (SSSR count). The van der Waals surface area contributed by atoms with E-state index in [2.05, 4.69) is 31.2 Å². The van der Waals surface area contributed by atoms with Crippen molar-refractivity contribution in [1.29, 1.82) is 0 Å². The van der Waals surface area contributed by atoms with Crippen molar-refractivity contribution in [1.82, 2.24) is 14.4 Å². The number of hydrogen-bond donors (Lipinski definition) is 1. The van der Waals surface area contributed by atoms with E-state index in [1.165, 1.54) is 0 Å². The number of benzene rings is 1. The van der Waals surface area contributed by atoms with Gasteiger partial charge in [0.25, 0.3) is 0 Å². The van der Waals surface area contributed by atoms with Crippen molar-refractivity contribution in [3.8, 4) is 0 Å². The van der Waals surface area contributed by atoms with Crippen LogP contribution in [0.1, 0.15) is 0 Å². The molecule has 0 aliphatic carbocycles. The minimum Gasteiger partial charge on any atom is -0.337 e. The van der Waals surface area contributed by atoms with E-state index in [1.54, 1.807) is 12.4 Å². The van der Waals surface area contributed by atoms with Gasteiger partial charge in [0, 0.05) is 18.1 Å². The first-order valence-corrected chi connectivity index (χ1v) is 5.93. The number of fused-ring (bicyclic) bond motifs is 1. The molecule has 0 fully saturated rings. The maximum absolute atomic E-state index is 4.33. The van der Waals surface area contributed by atoms with Crippen LogP contribution in [-0.2, 0) is 0 Å². The Bertz CT molecular complexity index is 648. The average molecular weight is 289 g/mol. The van der Waals surface area contributed by atoms with E-state index in [-0.39, 0.29) is 0 Å². The zero-order valence-electron chi connectivity index (χ0n) is 8.84. The van der Waals surface area contributed by atoms with Crippen LogP contribution in [0.4, 0.5) is 11.5 Å². The van der Waals surface area contributed by atoms with Crippen LogP contribution in [0.2, 0.25) is 0 Å². The molecule has 4 nitrogen and oxygen atoms in total. The van der Waals surface area contributed by atoms with Crippen molar-refractivity contribution < 1.29 is 0 Å². The third-order valence-corrected chi connectivity index (χ3v) is 3.01. The molecule has 0 amide bonds. The van der Waals surface area contributed by atoms with Crippen molar-refractivity contribution in [2.75, 3.05) is 5.32 Å². The summed E-state index contributed by atoms with van der Waals surface area (Å²) < 4.78 is 2.81. The number of rotatable bonds is 2. The van der Waals surface area contributed by atoms with Gasteiger partial charge in [-0.15, -0.1) is 0 Å². The summed E-state index contributed by atoms with van der Waals surface area (Å²) in [5.41, 5.74) is 1.79. The fourth-order valence-corrected chi connectivity index (χ4v) is 2.02. The van der Waals surface area contributed by atoms with Gasteiger partial charge in [-0.05, 0) is 28.1 Å². The number of nitrogens with zero attached hydrogens (tertiary/aromatic N) is 3. The van der Waals surface area contributed by atoms with E-state index in [9.17, 15) is 0 Å². The fraction of sp³-hybridized carbons (Fsp3) is 0. The van der Waals surface area contributed by atoms with Crippen LogP contribution in [0, 0.1) is 0 Å².